The van der Waals surface area contributed by atoms with Crippen LogP contribution in [-0.4, -0.2) is 35.1 Å². The maximum Gasteiger partial charge on any atom is 0.331 e. The highest BCUT2D eigenvalue weighted by Gasteiger charge is 2.13. The lowest BCUT2D eigenvalue weighted by atomic mass is 10.1. The van der Waals surface area contributed by atoms with Gasteiger partial charge in [0.05, 0.1) is 12.5 Å². The van der Waals surface area contributed by atoms with E-state index in [1.54, 1.807) is 31.2 Å². The molecule has 0 bridgehead atoms. The summed E-state index contributed by atoms with van der Waals surface area (Å²) in [7, 11) is 0. The van der Waals surface area contributed by atoms with Crippen molar-refractivity contribution in [2.75, 3.05) is 0 Å². The van der Waals surface area contributed by atoms with Crippen LogP contribution in [0, 0.1) is 0 Å². The Morgan fingerprint density at radius 1 is 1.08 bits per heavy atom. The summed E-state index contributed by atoms with van der Waals surface area (Å²) in [5.41, 5.74) is 0.759. The zero-order valence-corrected chi connectivity index (χ0v) is 13.8. The summed E-state index contributed by atoms with van der Waals surface area (Å²) in [6, 6.07) is 8.93. The predicted molar refractivity (Wildman–Crippen MR) is 87.4 cm³/mol. The maximum atomic E-state index is 11.6. The number of carboxylic acids is 1. The van der Waals surface area contributed by atoms with E-state index in [1.807, 2.05) is 6.07 Å². The number of benzene rings is 1. The van der Waals surface area contributed by atoms with Crippen molar-refractivity contribution in [2.45, 2.75) is 38.7 Å². The van der Waals surface area contributed by atoms with Gasteiger partial charge in [0.2, 0.25) is 0 Å². The molecule has 0 amide bonds. The van der Waals surface area contributed by atoms with Crippen molar-refractivity contribution in [1.82, 2.24) is 0 Å². The Morgan fingerprint density at radius 3 is 2.40 bits per heavy atom. The van der Waals surface area contributed by atoms with Crippen molar-refractivity contribution in [3.05, 3.63) is 48.0 Å². The van der Waals surface area contributed by atoms with Crippen molar-refractivity contribution in [3.63, 3.8) is 0 Å². The predicted octanol–water partition coefficient (Wildman–Crippen LogP) is 2.04. The first-order valence-corrected chi connectivity index (χ1v) is 7.76. The van der Waals surface area contributed by atoms with Crippen molar-refractivity contribution in [2.24, 2.45) is 0 Å². The van der Waals surface area contributed by atoms with Gasteiger partial charge in [-0.15, -0.1) is 0 Å². The topological polar surface area (TPSA) is 107 Å². The average Bonchev–Trinajstić information content (AvgIpc) is 2.53. The fourth-order valence-electron chi connectivity index (χ4n) is 1.95. The molecule has 0 spiro atoms. The van der Waals surface area contributed by atoms with Crippen LogP contribution < -0.4 is 0 Å². The number of carbonyl (C=O) groups is 4. The van der Waals surface area contributed by atoms with Crippen LogP contribution in [0.5, 0.6) is 0 Å². The van der Waals surface area contributed by atoms with E-state index in [2.05, 4.69) is 0 Å². The molecule has 0 aliphatic carbocycles. The number of rotatable bonds is 9. The second-order valence-electron chi connectivity index (χ2n) is 5.32. The number of hydrogen-bond donors (Lipinski definition) is 1. The number of carboxylic acid groups (broad SMARTS) is 1. The fraction of sp³-hybridized carbons (Fsp3) is 0.333. The summed E-state index contributed by atoms with van der Waals surface area (Å²) in [5, 5.41) is 8.39. The third-order valence-corrected chi connectivity index (χ3v) is 3.09. The van der Waals surface area contributed by atoms with E-state index >= 15 is 0 Å². The number of ether oxygens (including phenoxy) is 2. The first kappa shape index (κ1) is 20.1. The van der Waals surface area contributed by atoms with E-state index in [-0.39, 0.29) is 12.8 Å². The number of carbonyl (C=O) groups excluding carboxylic acids is 3. The standard InChI is InChI=1S/C18H20O7/c1-13(24-17(22)11-10-15(19)20)6-5-9-16(21)25-18(23)12-14-7-3-2-4-8-14/h2-4,7-8,10-11,13H,5-6,9,12H2,1H3,(H,19,20)/b11-10-. The summed E-state index contributed by atoms with van der Waals surface area (Å²) < 4.78 is 9.65. The molecule has 0 fully saturated rings. The number of aliphatic carboxylic acids is 1. The van der Waals surface area contributed by atoms with Crippen LogP contribution in [0.3, 0.4) is 0 Å². The van der Waals surface area contributed by atoms with Crippen LogP contribution in [0.2, 0.25) is 0 Å². The van der Waals surface area contributed by atoms with Crippen LogP contribution in [0.4, 0.5) is 0 Å². The summed E-state index contributed by atoms with van der Waals surface area (Å²) in [5.74, 6) is -3.26. The van der Waals surface area contributed by atoms with Crippen LogP contribution in [0.1, 0.15) is 31.7 Å². The zero-order chi connectivity index (χ0) is 18.7. The molecule has 0 aliphatic heterocycles. The molecule has 0 aliphatic rings. The molecule has 0 aromatic heterocycles. The maximum absolute atomic E-state index is 11.6. The summed E-state index contributed by atoms with van der Waals surface area (Å²) in [6.45, 7) is 1.62. The smallest absolute Gasteiger partial charge is 0.331 e. The minimum atomic E-state index is -1.24. The number of hydrogen-bond acceptors (Lipinski definition) is 6. The van der Waals surface area contributed by atoms with E-state index in [1.165, 1.54) is 0 Å². The lowest BCUT2D eigenvalue weighted by Crippen LogP contribution is -2.16. The molecule has 0 radical (unpaired) electrons. The van der Waals surface area contributed by atoms with Gasteiger partial charge >= 0.3 is 23.9 Å². The van der Waals surface area contributed by atoms with Crippen LogP contribution in [-0.2, 0) is 35.1 Å². The minimum absolute atomic E-state index is 0.0212. The van der Waals surface area contributed by atoms with Crippen molar-refractivity contribution >= 4 is 23.9 Å². The van der Waals surface area contributed by atoms with Gasteiger partial charge in [0, 0.05) is 18.6 Å². The Hall–Kier alpha value is -2.96. The number of esters is 3. The summed E-state index contributed by atoms with van der Waals surface area (Å²) >= 11 is 0. The highest BCUT2D eigenvalue weighted by molar-refractivity contribution is 5.90. The van der Waals surface area contributed by atoms with E-state index in [0.717, 1.165) is 11.6 Å². The Morgan fingerprint density at radius 2 is 1.76 bits per heavy atom. The molecule has 1 aromatic carbocycles. The van der Waals surface area contributed by atoms with Crippen molar-refractivity contribution in [1.29, 1.82) is 0 Å². The second kappa shape index (κ2) is 10.7. The lowest BCUT2D eigenvalue weighted by Gasteiger charge is -2.11. The van der Waals surface area contributed by atoms with E-state index in [4.69, 9.17) is 14.6 Å². The highest BCUT2D eigenvalue weighted by Crippen LogP contribution is 2.07. The minimum Gasteiger partial charge on any atom is -0.478 e. The Labute approximate surface area is 145 Å². The fourth-order valence-corrected chi connectivity index (χ4v) is 1.95. The Kier molecular flexibility index (Phi) is 8.63. The molecular formula is C18H20O7. The SMILES string of the molecule is CC(CCCC(=O)OC(=O)Cc1ccccc1)OC(=O)/C=C\C(=O)O. The Bertz CT molecular complexity index is 634. The molecule has 1 N–H and O–H groups in total. The molecule has 1 rings (SSSR count). The van der Waals surface area contributed by atoms with Crippen LogP contribution >= 0.6 is 0 Å². The molecule has 0 saturated carbocycles. The largest absolute Gasteiger partial charge is 0.478 e. The van der Waals surface area contributed by atoms with Gasteiger partial charge in [0.25, 0.3) is 0 Å². The van der Waals surface area contributed by atoms with Crippen LogP contribution in [0.15, 0.2) is 42.5 Å². The van der Waals surface area contributed by atoms with Gasteiger partial charge < -0.3 is 14.6 Å². The van der Waals surface area contributed by atoms with Gasteiger partial charge in [-0.25, -0.2) is 9.59 Å². The first-order chi connectivity index (χ1) is 11.9. The summed E-state index contributed by atoms with van der Waals surface area (Å²) in [6.07, 6.45) is 1.81. The molecule has 0 saturated heterocycles. The van der Waals surface area contributed by atoms with Crippen LogP contribution in [0.25, 0.3) is 0 Å². The molecule has 1 unspecified atom stereocenters. The first-order valence-electron chi connectivity index (χ1n) is 7.76. The average molecular weight is 348 g/mol. The Balaban J connectivity index is 2.22. The zero-order valence-electron chi connectivity index (χ0n) is 13.8. The molecule has 25 heavy (non-hydrogen) atoms. The van der Waals surface area contributed by atoms with E-state index in [0.29, 0.717) is 18.9 Å². The van der Waals surface area contributed by atoms with Gasteiger partial charge in [-0.2, -0.15) is 0 Å². The highest BCUT2D eigenvalue weighted by atomic mass is 16.6. The van der Waals surface area contributed by atoms with Gasteiger partial charge in [-0.1, -0.05) is 30.3 Å². The van der Waals surface area contributed by atoms with Crippen molar-refractivity contribution in [3.8, 4) is 0 Å². The quantitative estimate of drug-likeness (QED) is 0.413. The van der Waals surface area contributed by atoms with Gasteiger partial charge in [0.1, 0.15) is 0 Å². The third kappa shape index (κ3) is 9.70. The molecule has 0 heterocycles. The molecular weight excluding hydrogens is 328 g/mol. The normalized spacial score (nSPS) is 11.7. The lowest BCUT2D eigenvalue weighted by molar-refractivity contribution is -0.159. The molecule has 1 atom stereocenters. The van der Waals surface area contributed by atoms with Gasteiger partial charge in [-0.05, 0) is 25.3 Å². The van der Waals surface area contributed by atoms with Crippen molar-refractivity contribution < 1.29 is 33.8 Å². The second-order valence-corrected chi connectivity index (χ2v) is 5.32. The van der Waals surface area contributed by atoms with E-state index in [9.17, 15) is 19.2 Å². The van der Waals surface area contributed by atoms with Gasteiger partial charge in [0.15, 0.2) is 0 Å². The molecule has 7 nitrogen and oxygen atoms in total. The molecule has 1 aromatic rings. The summed E-state index contributed by atoms with van der Waals surface area (Å²) in [4.78, 5) is 44.8. The van der Waals surface area contributed by atoms with E-state index < -0.39 is 30.0 Å². The molecule has 134 valence electrons. The monoisotopic (exact) mass is 348 g/mol. The van der Waals surface area contributed by atoms with Gasteiger partial charge in [-0.3, -0.25) is 9.59 Å². The third-order valence-electron chi connectivity index (χ3n) is 3.09. The molecule has 7 heteroatoms.